The summed E-state index contributed by atoms with van der Waals surface area (Å²) in [5.74, 6) is -0.0736. The van der Waals surface area contributed by atoms with Crippen molar-refractivity contribution >= 4 is 22.9 Å². The lowest BCUT2D eigenvalue weighted by Gasteiger charge is -2.04. The number of benzene rings is 1. The lowest BCUT2D eigenvalue weighted by atomic mass is 10.2. The highest BCUT2D eigenvalue weighted by Crippen LogP contribution is 2.13. The molecule has 3 nitrogen and oxygen atoms in total. The van der Waals surface area contributed by atoms with E-state index in [1.807, 2.05) is 35.7 Å². The number of hydrogen-bond donors (Lipinski definition) is 2. The van der Waals surface area contributed by atoms with Crippen LogP contribution in [0.25, 0.3) is 0 Å². The van der Waals surface area contributed by atoms with Crippen LogP contribution in [0.1, 0.15) is 15.2 Å². The van der Waals surface area contributed by atoms with Crippen LogP contribution in [-0.2, 0) is 6.54 Å². The summed E-state index contributed by atoms with van der Waals surface area (Å²) in [6.45, 7) is 0.513. The van der Waals surface area contributed by atoms with Crippen LogP contribution >= 0.6 is 11.3 Å². The normalized spacial score (nSPS) is 10.1. The Balaban J connectivity index is 2.06. The minimum atomic E-state index is -0.0736. The summed E-state index contributed by atoms with van der Waals surface area (Å²) in [6.07, 6.45) is 0. The van der Waals surface area contributed by atoms with Crippen molar-refractivity contribution in [2.45, 2.75) is 6.54 Å². The molecule has 0 bridgehead atoms. The van der Waals surface area contributed by atoms with Gasteiger partial charge >= 0.3 is 0 Å². The fraction of sp³-hybridized carbons (Fsp3) is 0.0833. The molecule has 0 unspecified atom stereocenters. The molecule has 3 N–H and O–H groups in total. The van der Waals surface area contributed by atoms with Gasteiger partial charge in [-0.15, -0.1) is 11.3 Å². The zero-order valence-electron chi connectivity index (χ0n) is 8.64. The Kier molecular flexibility index (Phi) is 3.34. The molecule has 1 amide bonds. The maximum atomic E-state index is 11.7. The summed E-state index contributed by atoms with van der Waals surface area (Å²) in [5, 5.41) is 4.71. The van der Waals surface area contributed by atoms with Crippen molar-refractivity contribution in [2.75, 3.05) is 5.32 Å². The highest BCUT2D eigenvalue weighted by Gasteiger charge is 2.05. The summed E-state index contributed by atoms with van der Waals surface area (Å²) in [6, 6.07) is 11.2. The predicted octanol–water partition coefficient (Wildman–Crippen LogP) is 2.46. The topological polar surface area (TPSA) is 55.1 Å². The number of nitrogens with one attached hydrogen (secondary N) is 1. The standard InChI is InChI=1S/C12H12N2OS/c13-8-9-3-5-10(6-4-9)14-12(15)11-2-1-7-16-11/h1-7H,8,13H2,(H,14,15). The number of nitrogens with two attached hydrogens (primary N) is 1. The number of hydrogen-bond acceptors (Lipinski definition) is 3. The highest BCUT2D eigenvalue weighted by atomic mass is 32.1. The van der Waals surface area contributed by atoms with Crippen molar-refractivity contribution in [1.29, 1.82) is 0 Å². The third-order valence-corrected chi connectivity index (χ3v) is 3.06. The minimum Gasteiger partial charge on any atom is -0.326 e. The predicted molar refractivity (Wildman–Crippen MR) is 66.6 cm³/mol. The first kappa shape index (κ1) is 10.9. The van der Waals surface area contributed by atoms with Crippen LogP contribution in [0.15, 0.2) is 41.8 Å². The number of carbonyl (C=O) groups is 1. The molecular formula is C12H12N2OS. The Morgan fingerprint density at radius 1 is 1.25 bits per heavy atom. The maximum Gasteiger partial charge on any atom is 0.265 e. The van der Waals surface area contributed by atoms with Gasteiger partial charge in [0.15, 0.2) is 0 Å². The Hall–Kier alpha value is -1.65. The SMILES string of the molecule is NCc1ccc(NC(=O)c2cccs2)cc1. The largest absolute Gasteiger partial charge is 0.326 e. The van der Waals surface area contributed by atoms with E-state index in [1.165, 1.54) is 11.3 Å². The van der Waals surface area contributed by atoms with Crippen molar-refractivity contribution in [3.63, 3.8) is 0 Å². The zero-order valence-corrected chi connectivity index (χ0v) is 9.46. The molecule has 0 atom stereocenters. The lowest BCUT2D eigenvalue weighted by Crippen LogP contribution is -2.10. The van der Waals surface area contributed by atoms with E-state index in [0.717, 1.165) is 11.3 Å². The third-order valence-electron chi connectivity index (χ3n) is 2.19. The van der Waals surface area contributed by atoms with Crippen LogP contribution in [0, 0.1) is 0 Å². The van der Waals surface area contributed by atoms with Gasteiger partial charge in [0.25, 0.3) is 5.91 Å². The van der Waals surface area contributed by atoms with Gasteiger partial charge in [0.05, 0.1) is 4.88 Å². The summed E-state index contributed by atoms with van der Waals surface area (Å²) >= 11 is 1.43. The molecule has 0 saturated heterocycles. The van der Waals surface area contributed by atoms with Crippen LogP contribution < -0.4 is 11.1 Å². The van der Waals surface area contributed by atoms with Gasteiger partial charge in [-0.1, -0.05) is 18.2 Å². The van der Waals surface area contributed by atoms with Crippen LogP contribution in [-0.4, -0.2) is 5.91 Å². The van der Waals surface area contributed by atoms with Gasteiger partial charge in [0.1, 0.15) is 0 Å². The molecule has 0 radical (unpaired) electrons. The van der Waals surface area contributed by atoms with Crippen LogP contribution in [0.3, 0.4) is 0 Å². The number of anilines is 1. The first-order valence-corrected chi connectivity index (χ1v) is 5.81. The van der Waals surface area contributed by atoms with E-state index in [9.17, 15) is 4.79 Å². The first-order chi connectivity index (χ1) is 7.79. The summed E-state index contributed by atoms with van der Waals surface area (Å²) in [5.41, 5.74) is 7.33. The minimum absolute atomic E-state index is 0.0736. The van der Waals surface area contributed by atoms with Crippen molar-refractivity contribution in [3.05, 3.63) is 52.2 Å². The Bertz CT molecular complexity index is 462. The molecule has 1 aromatic carbocycles. The number of rotatable bonds is 3. The third kappa shape index (κ3) is 2.48. The Morgan fingerprint density at radius 3 is 2.56 bits per heavy atom. The van der Waals surface area contributed by atoms with Gasteiger partial charge in [-0.2, -0.15) is 0 Å². The molecule has 0 aliphatic rings. The second-order valence-corrected chi connectivity index (χ2v) is 4.28. The van der Waals surface area contributed by atoms with E-state index >= 15 is 0 Å². The van der Waals surface area contributed by atoms with E-state index in [2.05, 4.69) is 5.32 Å². The highest BCUT2D eigenvalue weighted by molar-refractivity contribution is 7.12. The van der Waals surface area contributed by atoms with Crippen LogP contribution in [0.2, 0.25) is 0 Å². The van der Waals surface area contributed by atoms with Gasteiger partial charge in [-0.3, -0.25) is 4.79 Å². The maximum absolute atomic E-state index is 11.7. The molecule has 0 saturated carbocycles. The van der Waals surface area contributed by atoms with E-state index in [-0.39, 0.29) is 5.91 Å². The van der Waals surface area contributed by atoms with Gasteiger partial charge in [0, 0.05) is 12.2 Å². The smallest absolute Gasteiger partial charge is 0.265 e. The molecule has 0 aliphatic heterocycles. The fourth-order valence-electron chi connectivity index (χ4n) is 1.32. The van der Waals surface area contributed by atoms with Crippen molar-refractivity contribution in [3.8, 4) is 0 Å². The van der Waals surface area contributed by atoms with Crippen LogP contribution in [0.5, 0.6) is 0 Å². The van der Waals surface area contributed by atoms with E-state index in [1.54, 1.807) is 6.07 Å². The average molecular weight is 232 g/mol. The molecule has 0 aliphatic carbocycles. The summed E-state index contributed by atoms with van der Waals surface area (Å²) in [4.78, 5) is 12.4. The average Bonchev–Trinajstić information content (AvgIpc) is 2.83. The number of thiophene rings is 1. The van der Waals surface area contributed by atoms with Gasteiger partial charge in [-0.05, 0) is 29.1 Å². The monoisotopic (exact) mass is 232 g/mol. The summed E-state index contributed by atoms with van der Waals surface area (Å²) < 4.78 is 0. The molecule has 2 rings (SSSR count). The van der Waals surface area contributed by atoms with Crippen LogP contribution in [0.4, 0.5) is 5.69 Å². The molecule has 16 heavy (non-hydrogen) atoms. The molecular weight excluding hydrogens is 220 g/mol. The molecule has 1 heterocycles. The molecule has 4 heteroatoms. The molecule has 2 aromatic rings. The van der Waals surface area contributed by atoms with E-state index in [4.69, 9.17) is 5.73 Å². The zero-order chi connectivity index (χ0) is 11.4. The van der Waals surface area contributed by atoms with E-state index < -0.39 is 0 Å². The molecule has 0 fully saturated rings. The van der Waals surface area contributed by atoms with Gasteiger partial charge in [0.2, 0.25) is 0 Å². The number of carbonyl (C=O) groups excluding carboxylic acids is 1. The molecule has 1 aromatic heterocycles. The Morgan fingerprint density at radius 2 is 2.00 bits per heavy atom. The van der Waals surface area contributed by atoms with Gasteiger partial charge < -0.3 is 11.1 Å². The van der Waals surface area contributed by atoms with Crippen molar-refractivity contribution in [1.82, 2.24) is 0 Å². The van der Waals surface area contributed by atoms with E-state index in [0.29, 0.717) is 11.4 Å². The van der Waals surface area contributed by atoms with Crippen molar-refractivity contribution < 1.29 is 4.79 Å². The molecule has 0 spiro atoms. The number of amides is 1. The Labute approximate surface area is 97.9 Å². The summed E-state index contributed by atoms with van der Waals surface area (Å²) in [7, 11) is 0. The lowest BCUT2D eigenvalue weighted by molar-refractivity contribution is 0.103. The van der Waals surface area contributed by atoms with Crippen molar-refractivity contribution in [2.24, 2.45) is 5.73 Å². The quantitative estimate of drug-likeness (QED) is 0.854. The molecule has 82 valence electrons. The fourth-order valence-corrected chi connectivity index (χ4v) is 1.94. The van der Waals surface area contributed by atoms with Gasteiger partial charge in [-0.25, -0.2) is 0 Å². The second-order valence-electron chi connectivity index (χ2n) is 3.33. The first-order valence-electron chi connectivity index (χ1n) is 4.93. The second kappa shape index (κ2) is 4.92.